The highest BCUT2D eigenvalue weighted by Crippen LogP contribution is 2.40. The third-order valence-corrected chi connectivity index (χ3v) is 7.03. The first-order valence-electron chi connectivity index (χ1n) is 12.4. The smallest absolute Gasteiger partial charge is 0.160 e. The van der Waals surface area contributed by atoms with Crippen LogP contribution in [-0.4, -0.2) is 9.97 Å². The van der Waals surface area contributed by atoms with E-state index in [9.17, 15) is 0 Å². The highest BCUT2D eigenvalue weighted by atomic mass is 32.1. The van der Waals surface area contributed by atoms with E-state index < -0.39 is 0 Å². The van der Waals surface area contributed by atoms with Crippen LogP contribution in [0.4, 0.5) is 0 Å². The normalized spacial score (nSPS) is 11.7. The summed E-state index contributed by atoms with van der Waals surface area (Å²) in [6.45, 7) is 10.4. The van der Waals surface area contributed by atoms with Crippen molar-refractivity contribution in [1.29, 1.82) is 0 Å². The highest BCUT2D eigenvalue weighted by Gasteiger charge is 2.17. The van der Waals surface area contributed by atoms with E-state index in [0.29, 0.717) is 0 Å². The fraction of sp³-hybridized carbons (Fsp3) is 0.188. The van der Waals surface area contributed by atoms with Crippen LogP contribution in [0.5, 0.6) is 0 Å². The molecule has 0 atom stereocenters. The Bertz CT molecular complexity index is 1510. The largest absolute Gasteiger partial charge is 0.226 e. The SMILES string of the molecule is C/C=C\C=C(/CC)c1cccc(-c2nc(-c3ccccc3)nc3c2sc2cc(C)ccc23)c1.CC. The summed E-state index contributed by atoms with van der Waals surface area (Å²) in [7, 11) is 0. The van der Waals surface area contributed by atoms with Gasteiger partial charge in [0.15, 0.2) is 5.82 Å². The number of fused-ring (bicyclic) bond motifs is 3. The lowest BCUT2D eigenvalue weighted by Crippen LogP contribution is -1.94. The predicted octanol–water partition coefficient (Wildman–Crippen LogP) is 9.88. The van der Waals surface area contributed by atoms with Crippen molar-refractivity contribution in [3.8, 4) is 22.6 Å². The second-order valence-electron chi connectivity index (χ2n) is 8.19. The number of rotatable bonds is 5. The van der Waals surface area contributed by atoms with Crippen LogP contribution < -0.4 is 0 Å². The van der Waals surface area contributed by atoms with Crippen LogP contribution in [0.25, 0.3) is 48.5 Å². The van der Waals surface area contributed by atoms with E-state index >= 15 is 0 Å². The summed E-state index contributed by atoms with van der Waals surface area (Å²) in [4.78, 5) is 10.2. The number of aromatic nitrogens is 2. The van der Waals surface area contributed by atoms with Crippen molar-refractivity contribution in [2.24, 2.45) is 0 Å². The number of thiophene rings is 1. The van der Waals surface area contributed by atoms with Gasteiger partial charge in [0.05, 0.1) is 15.9 Å². The van der Waals surface area contributed by atoms with Gasteiger partial charge in [0.25, 0.3) is 0 Å². The van der Waals surface area contributed by atoms with Crippen LogP contribution in [0.15, 0.2) is 91.0 Å². The first-order valence-corrected chi connectivity index (χ1v) is 13.2. The molecule has 3 heteroatoms. The molecule has 5 rings (SSSR count). The molecule has 0 unspecified atom stereocenters. The molecule has 2 heterocycles. The molecule has 0 bridgehead atoms. The Kier molecular flexibility index (Phi) is 7.89. The number of nitrogens with zero attached hydrogens (tertiary/aromatic N) is 2. The minimum Gasteiger partial charge on any atom is -0.226 e. The third kappa shape index (κ3) is 5.11. The summed E-state index contributed by atoms with van der Waals surface area (Å²) in [5, 5.41) is 1.19. The fourth-order valence-corrected chi connectivity index (χ4v) is 5.41. The summed E-state index contributed by atoms with van der Waals surface area (Å²) in [5.41, 5.74) is 8.00. The maximum atomic E-state index is 5.11. The van der Waals surface area contributed by atoms with Crippen molar-refractivity contribution in [3.05, 3.63) is 102 Å². The van der Waals surface area contributed by atoms with Crippen molar-refractivity contribution < 1.29 is 0 Å². The topological polar surface area (TPSA) is 25.8 Å². The molecular weight excluding hydrogens is 444 g/mol. The molecule has 5 aromatic rings. The lowest BCUT2D eigenvalue weighted by Gasteiger charge is -2.10. The minimum atomic E-state index is 0.768. The molecule has 176 valence electrons. The summed E-state index contributed by atoms with van der Waals surface area (Å²) in [6.07, 6.45) is 7.35. The van der Waals surface area contributed by atoms with Crippen molar-refractivity contribution >= 4 is 37.2 Å². The zero-order chi connectivity index (χ0) is 24.8. The number of aryl methyl sites for hydroxylation is 1. The Labute approximate surface area is 212 Å². The monoisotopic (exact) mass is 476 g/mol. The van der Waals surface area contributed by atoms with E-state index in [4.69, 9.17) is 9.97 Å². The Hall–Kier alpha value is -3.56. The average molecular weight is 477 g/mol. The molecule has 3 aromatic carbocycles. The molecule has 0 aliphatic carbocycles. The minimum absolute atomic E-state index is 0.768. The Morgan fingerprint density at radius 2 is 1.66 bits per heavy atom. The molecule has 0 amide bonds. The van der Waals surface area contributed by atoms with Gasteiger partial charge in [0.2, 0.25) is 0 Å². The molecule has 2 aromatic heterocycles. The quantitative estimate of drug-likeness (QED) is 0.236. The van der Waals surface area contributed by atoms with E-state index in [-0.39, 0.29) is 0 Å². The first kappa shape index (κ1) is 24.6. The van der Waals surface area contributed by atoms with Gasteiger partial charge in [-0.2, -0.15) is 0 Å². The molecule has 0 saturated carbocycles. The van der Waals surface area contributed by atoms with Gasteiger partial charge in [-0.15, -0.1) is 11.3 Å². The first-order chi connectivity index (χ1) is 17.2. The predicted molar refractivity (Wildman–Crippen MR) is 155 cm³/mol. The van der Waals surface area contributed by atoms with E-state index in [0.717, 1.165) is 39.3 Å². The molecule has 0 aliphatic heterocycles. The van der Waals surface area contributed by atoms with Crippen LogP contribution in [0, 0.1) is 6.92 Å². The summed E-state index contributed by atoms with van der Waals surface area (Å²) >= 11 is 1.78. The van der Waals surface area contributed by atoms with Crippen LogP contribution in [0.3, 0.4) is 0 Å². The molecule has 0 N–H and O–H groups in total. The zero-order valence-electron chi connectivity index (χ0n) is 21.2. The van der Waals surface area contributed by atoms with Gasteiger partial charge in [-0.05, 0) is 49.1 Å². The molecule has 0 radical (unpaired) electrons. The fourth-order valence-electron chi connectivity index (χ4n) is 4.16. The van der Waals surface area contributed by atoms with Gasteiger partial charge in [0.1, 0.15) is 0 Å². The third-order valence-electron chi connectivity index (χ3n) is 5.88. The maximum absolute atomic E-state index is 5.11. The molecule has 0 spiro atoms. The number of allylic oxidation sites excluding steroid dienone is 4. The summed E-state index contributed by atoms with van der Waals surface area (Å²) in [6, 6.07) is 25.6. The lowest BCUT2D eigenvalue weighted by atomic mass is 9.99. The van der Waals surface area contributed by atoms with Gasteiger partial charge in [-0.3, -0.25) is 0 Å². The van der Waals surface area contributed by atoms with Gasteiger partial charge in [0, 0.05) is 21.2 Å². The van der Waals surface area contributed by atoms with Gasteiger partial charge < -0.3 is 0 Å². The Balaban J connectivity index is 0.00000141. The van der Waals surface area contributed by atoms with Crippen LogP contribution in [0.1, 0.15) is 45.2 Å². The Morgan fingerprint density at radius 1 is 0.886 bits per heavy atom. The average Bonchev–Trinajstić information content (AvgIpc) is 3.28. The van der Waals surface area contributed by atoms with Crippen molar-refractivity contribution in [3.63, 3.8) is 0 Å². The second-order valence-corrected chi connectivity index (χ2v) is 9.25. The number of hydrogen-bond donors (Lipinski definition) is 0. The van der Waals surface area contributed by atoms with Gasteiger partial charge in [-0.25, -0.2) is 9.97 Å². The van der Waals surface area contributed by atoms with Crippen LogP contribution in [0.2, 0.25) is 0 Å². The van der Waals surface area contributed by atoms with E-state index in [1.54, 1.807) is 11.3 Å². The molecule has 0 saturated heterocycles. The van der Waals surface area contributed by atoms with E-state index in [1.165, 1.54) is 26.8 Å². The van der Waals surface area contributed by atoms with E-state index in [2.05, 4.69) is 86.7 Å². The highest BCUT2D eigenvalue weighted by molar-refractivity contribution is 7.26. The van der Waals surface area contributed by atoms with Crippen LogP contribution in [-0.2, 0) is 0 Å². The number of hydrogen-bond acceptors (Lipinski definition) is 3. The number of benzene rings is 3. The molecule has 35 heavy (non-hydrogen) atoms. The lowest BCUT2D eigenvalue weighted by molar-refractivity contribution is 1.23. The standard InChI is InChI=1S/C30H26N2S.C2H6/c1-4-6-11-21(5-2)23-14-10-15-24(19-23)27-29-28(25-17-16-20(3)18-26(25)33-29)32-30(31-27)22-12-8-7-9-13-22;1-2/h4,6-19H,5H2,1-3H3;1-2H3/b6-4-,21-11+;. The van der Waals surface area contributed by atoms with E-state index in [1.807, 2.05) is 39.0 Å². The summed E-state index contributed by atoms with van der Waals surface area (Å²) < 4.78 is 2.40. The Morgan fingerprint density at radius 3 is 2.40 bits per heavy atom. The second kappa shape index (κ2) is 11.2. The zero-order valence-corrected chi connectivity index (χ0v) is 22.0. The molecule has 0 fully saturated rings. The summed E-state index contributed by atoms with van der Waals surface area (Å²) in [5.74, 6) is 0.768. The molecular formula is C32H32N2S. The van der Waals surface area contributed by atoms with Gasteiger partial charge >= 0.3 is 0 Å². The van der Waals surface area contributed by atoms with Crippen molar-refractivity contribution in [2.75, 3.05) is 0 Å². The molecule has 0 aliphatic rings. The molecule has 2 nitrogen and oxygen atoms in total. The van der Waals surface area contributed by atoms with Crippen LogP contribution >= 0.6 is 11.3 Å². The van der Waals surface area contributed by atoms with Gasteiger partial charge in [-0.1, -0.05) is 99.7 Å². The van der Waals surface area contributed by atoms with Crippen molar-refractivity contribution in [2.45, 2.75) is 41.0 Å². The maximum Gasteiger partial charge on any atom is 0.160 e. The van der Waals surface area contributed by atoms with Crippen molar-refractivity contribution in [1.82, 2.24) is 9.97 Å².